The van der Waals surface area contributed by atoms with E-state index >= 15 is 0 Å². The van der Waals surface area contributed by atoms with E-state index in [9.17, 15) is 18.0 Å². The van der Waals surface area contributed by atoms with Crippen LogP contribution in [0.25, 0.3) is 0 Å². The predicted molar refractivity (Wildman–Crippen MR) is 42.4 cm³/mol. The van der Waals surface area contributed by atoms with Gasteiger partial charge in [-0.1, -0.05) is 0 Å². The van der Waals surface area contributed by atoms with Crippen LogP contribution in [0.15, 0.2) is 0 Å². The molecule has 1 aliphatic heterocycles. The average molecular weight is 211 g/mol. The van der Waals surface area contributed by atoms with Crippen molar-refractivity contribution in [1.82, 2.24) is 5.32 Å². The Morgan fingerprint density at radius 2 is 2.14 bits per heavy atom. The molecule has 1 aliphatic rings. The van der Waals surface area contributed by atoms with Gasteiger partial charge in [0, 0.05) is 12.5 Å². The van der Waals surface area contributed by atoms with Crippen molar-refractivity contribution < 1.29 is 23.1 Å². The highest BCUT2D eigenvalue weighted by Gasteiger charge is 2.51. The molecule has 0 aliphatic carbocycles. The number of halogens is 3. The largest absolute Gasteiger partial charge is 0.416 e. The summed E-state index contributed by atoms with van der Waals surface area (Å²) < 4.78 is 36.7. The van der Waals surface area contributed by atoms with Crippen molar-refractivity contribution in [3.8, 4) is 0 Å². The highest BCUT2D eigenvalue weighted by molar-refractivity contribution is 5.80. The Hall–Kier alpha value is -0.780. The summed E-state index contributed by atoms with van der Waals surface area (Å²) in [5.74, 6) is -1.14. The van der Waals surface area contributed by atoms with Gasteiger partial charge in [-0.2, -0.15) is 13.2 Å². The van der Waals surface area contributed by atoms with Gasteiger partial charge in [-0.15, -0.1) is 0 Å². The molecule has 0 aromatic carbocycles. The molecule has 0 spiro atoms. The summed E-state index contributed by atoms with van der Waals surface area (Å²) in [5, 5.41) is 11.6. The van der Waals surface area contributed by atoms with E-state index in [1.165, 1.54) is 0 Å². The van der Waals surface area contributed by atoms with E-state index < -0.39 is 30.0 Å². The van der Waals surface area contributed by atoms with Crippen LogP contribution in [0.5, 0.6) is 0 Å². The van der Waals surface area contributed by atoms with E-state index in [1.54, 1.807) is 0 Å². The van der Waals surface area contributed by atoms with E-state index in [2.05, 4.69) is 5.32 Å². The molecule has 2 atom stereocenters. The van der Waals surface area contributed by atoms with Gasteiger partial charge in [0.05, 0.1) is 0 Å². The number of aliphatic hydroxyl groups is 1. The van der Waals surface area contributed by atoms with Crippen molar-refractivity contribution in [3.05, 3.63) is 0 Å². The van der Waals surface area contributed by atoms with Gasteiger partial charge in [0.2, 0.25) is 5.91 Å². The van der Waals surface area contributed by atoms with Crippen LogP contribution >= 0.6 is 0 Å². The van der Waals surface area contributed by atoms with E-state index in [1.807, 2.05) is 0 Å². The minimum Gasteiger partial charge on any atom is -0.381 e. The van der Waals surface area contributed by atoms with E-state index in [4.69, 9.17) is 5.11 Å². The number of hydrogen-bond acceptors (Lipinski definition) is 2. The molecule has 3 nitrogen and oxygen atoms in total. The third-order valence-electron chi connectivity index (χ3n) is 2.42. The van der Waals surface area contributed by atoms with Crippen molar-refractivity contribution in [2.75, 3.05) is 6.54 Å². The number of amides is 1. The first-order valence-corrected chi connectivity index (χ1v) is 4.31. The zero-order valence-corrected chi connectivity index (χ0v) is 7.69. The van der Waals surface area contributed by atoms with Gasteiger partial charge in [-0.05, 0) is 19.8 Å². The second kappa shape index (κ2) is 3.42. The summed E-state index contributed by atoms with van der Waals surface area (Å²) in [4.78, 5) is 11.0. The van der Waals surface area contributed by atoms with Gasteiger partial charge >= 0.3 is 6.18 Å². The number of hydrogen-bond donors (Lipinski definition) is 2. The molecular formula is C8H12F3NO2. The van der Waals surface area contributed by atoms with Crippen molar-refractivity contribution in [2.24, 2.45) is 5.92 Å². The number of carbonyl (C=O) groups is 1. The van der Waals surface area contributed by atoms with Gasteiger partial charge in [0.25, 0.3) is 0 Å². The van der Waals surface area contributed by atoms with Crippen LogP contribution in [0.3, 0.4) is 0 Å². The monoisotopic (exact) mass is 211 g/mol. The van der Waals surface area contributed by atoms with Gasteiger partial charge in [0.15, 0.2) is 5.60 Å². The van der Waals surface area contributed by atoms with Gasteiger partial charge in [0.1, 0.15) is 0 Å². The average Bonchev–Trinajstić information content (AvgIpc) is 2.33. The Bertz CT molecular complexity index is 237. The first-order valence-electron chi connectivity index (χ1n) is 4.31. The quantitative estimate of drug-likeness (QED) is 0.710. The molecule has 1 heterocycles. The normalized spacial score (nSPS) is 27.2. The zero-order chi connectivity index (χ0) is 11.0. The molecular weight excluding hydrogens is 199 g/mol. The third kappa shape index (κ3) is 2.17. The fourth-order valence-electron chi connectivity index (χ4n) is 1.44. The maximum atomic E-state index is 12.2. The standard InChI is InChI=1S/C8H12F3NO2/c1-7(14,8(9,10)11)4-5-2-3-12-6(5)13/h5,14H,2-4H2,1H3,(H,12,13). The zero-order valence-electron chi connectivity index (χ0n) is 7.69. The Morgan fingerprint density at radius 3 is 2.50 bits per heavy atom. The van der Waals surface area contributed by atoms with Crippen LogP contribution in [0.1, 0.15) is 19.8 Å². The van der Waals surface area contributed by atoms with Crippen molar-refractivity contribution in [3.63, 3.8) is 0 Å². The van der Waals surface area contributed by atoms with Crippen molar-refractivity contribution in [2.45, 2.75) is 31.5 Å². The molecule has 82 valence electrons. The van der Waals surface area contributed by atoms with E-state index in [-0.39, 0.29) is 0 Å². The maximum Gasteiger partial charge on any atom is 0.416 e. The minimum atomic E-state index is -4.68. The second-order valence-corrected chi connectivity index (χ2v) is 3.75. The first kappa shape index (κ1) is 11.3. The Labute approximate surface area is 79.3 Å². The van der Waals surface area contributed by atoms with Gasteiger partial charge < -0.3 is 10.4 Å². The van der Waals surface area contributed by atoms with E-state index in [0.29, 0.717) is 19.9 Å². The fraction of sp³-hybridized carbons (Fsp3) is 0.875. The molecule has 0 aromatic heterocycles. The molecule has 2 N–H and O–H groups in total. The fourth-order valence-corrected chi connectivity index (χ4v) is 1.44. The number of rotatable bonds is 2. The van der Waals surface area contributed by atoms with Crippen molar-refractivity contribution >= 4 is 5.91 Å². The SMILES string of the molecule is CC(O)(CC1CCNC1=O)C(F)(F)F. The summed E-state index contributed by atoms with van der Waals surface area (Å²) in [7, 11) is 0. The molecule has 0 bridgehead atoms. The van der Waals surface area contributed by atoms with Crippen molar-refractivity contribution in [1.29, 1.82) is 0 Å². The van der Waals surface area contributed by atoms with Crippen LogP contribution < -0.4 is 5.32 Å². The highest BCUT2D eigenvalue weighted by Crippen LogP contribution is 2.36. The molecule has 1 rings (SSSR count). The minimum absolute atomic E-state index is 0.352. The maximum absolute atomic E-state index is 12.2. The summed E-state index contributed by atoms with van der Waals surface area (Å²) in [6.45, 7) is 1.08. The molecule has 14 heavy (non-hydrogen) atoms. The number of carbonyl (C=O) groups excluding carboxylic acids is 1. The Morgan fingerprint density at radius 1 is 1.57 bits per heavy atom. The lowest BCUT2D eigenvalue weighted by Crippen LogP contribution is -2.44. The van der Waals surface area contributed by atoms with E-state index in [0.717, 1.165) is 0 Å². The van der Waals surface area contributed by atoms with Crippen LogP contribution in [-0.4, -0.2) is 29.3 Å². The lowest BCUT2D eigenvalue weighted by molar-refractivity contribution is -0.257. The Kier molecular flexibility index (Phi) is 2.76. The highest BCUT2D eigenvalue weighted by atomic mass is 19.4. The molecule has 6 heteroatoms. The summed E-state index contributed by atoms with van der Waals surface area (Å²) in [5.41, 5.74) is -2.78. The summed E-state index contributed by atoms with van der Waals surface area (Å²) in [6, 6.07) is 0. The van der Waals surface area contributed by atoms with Crippen LogP contribution in [0.2, 0.25) is 0 Å². The number of nitrogens with one attached hydrogen (secondary N) is 1. The molecule has 1 fully saturated rings. The van der Waals surface area contributed by atoms with Crippen LogP contribution in [0, 0.1) is 5.92 Å². The smallest absolute Gasteiger partial charge is 0.381 e. The van der Waals surface area contributed by atoms with Gasteiger partial charge in [-0.25, -0.2) is 0 Å². The van der Waals surface area contributed by atoms with Crippen LogP contribution in [0.4, 0.5) is 13.2 Å². The van der Waals surface area contributed by atoms with Gasteiger partial charge in [-0.3, -0.25) is 4.79 Å². The molecule has 0 saturated carbocycles. The molecule has 1 saturated heterocycles. The summed E-state index contributed by atoms with van der Waals surface area (Å²) >= 11 is 0. The van der Waals surface area contributed by atoms with Crippen LogP contribution in [-0.2, 0) is 4.79 Å². The molecule has 2 unspecified atom stereocenters. The third-order valence-corrected chi connectivity index (χ3v) is 2.42. The first-order chi connectivity index (χ1) is 6.24. The molecule has 1 amide bonds. The molecule has 0 radical (unpaired) electrons. The topological polar surface area (TPSA) is 49.3 Å². The lowest BCUT2D eigenvalue weighted by Gasteiger charge is -2.27. The molecule has 0 aromatic rings. The predicted octanol–water partition coefficient (Wildman–Crippen LogP) is 0.826. The Balaban J connectivity index is 2.63. The summed E-state index contributed by atoms with van der Waals surface area (Å²) in [6.07, 6.45) is -4.90. The lowest BCUT2D eigenvalue weighted by atomic mass is 9.90. The number of alkyl halides is 3. The second-order valence-electron chi connectivity index (χ2n) is 3.75.